The van der Waals surface area contributed by atoms with Gasteiger partial charge < -0.3 is 19.6 Å². The van der Waals surface area contributed by atoms with E-state index >= 15 is 0 Å². The molecule has 1 aliphatic heterocycles. The molecule has 0 aromatic rings. The Labute approximate surface area is 190 Å². The van der Waals surface area contributed by atoms with Gasteiger partial charge in [-0.05, 0) is 62.7 Å². The van der Waals surface area contributed by atoms with Crippen molar-refractivity contribution in [1.29, 1.82) is 0 Å². The standard InChI is InChI=1S/C26H56N4/c1-23(2)19-27-11-9-12-29(21-25(5)6)17-18-30(22-26(7)8)14-10-13-28(16-15-27)20-24(3)4/h23-26H,9-22H2,1-8H3. The molecule has 0 aromatic heterocycles. The van der Waals surface area contributed by atoms with Crippen molar-refractivity contribution in [3.8, 4) is 0 Å². The second-order valence-corrected chi connectivity index (χ2v) is 11.5. The minimum absolute atomic E-state index is 0.749. The molecule has 0 bridgehead atoms. The lowest BCUT2D eigenvalue weighted by atomic mass is 10.1. The topological polar surface area (TPSA) is 13.0 Å². The largest absolute Gasteiger partial charge is 0.302 e. The summed E-state index contributed by atoms with van der Waals surface area (Å²) in [6, 6.07) is 0. The van der Waals surface area contributed by atoms with E-state index in [1.54, 1.807) is 0 Å². The van der Waals surface area contributed by atoms with Crippen LogP contribution in [0.15, 0.2) is 0 Å². The number of rotatable bonds is 8. The van der Waals surface area contributed by atoms with Crippen LogP contribution in [0.3, 0.4) is 0 Å². The van der Waals surface area contributed by atoms with Crippen LogP contribution in [0, 0.1) is 23.7 Å². The van der Waals surface area contributed by atoms with Crippen molar-refractivity contribution in [3.05, 3.63) is 0 Å². The molecule has 0 N–H and O–H groups in total. The van der Waals surface area contributed by atoms with Crippen LogP contribution in [0.5, 0.6) is 0 Å². The second-order valence-electron chi connectivity index (χ2n) is 11.5. The zero-order valence-electron chi connectivity index (χ0n) is 22.0. The molecular formula is C26H56N4. The molecule has 0 saturated carbocycles. The van der Waals surface area contributed by atoms with Crippen molar-refractivity contribution >= 4 is 0 Å². The fourth-order valence-corrected chi connectivity index (χ4v) is 4.84. The molecule has 0 radical (unpaired) electrons. The van der Waals surface area contributed by atoms with E-state index in [-0.39, 0.29) is 0 Å². The van der Waals surface area contributed by atoms with Gasteiger partial charge in [0.25, 0.3) is 0 Å². The van der Waals surface area contributed by atoms with Gasteiger partial charge in [0.05, 0.1) is 0 Å². The molecule has 4 heteroatoms. The molecule has 0 aromatic carbocycles. The van der Waals surface area contributed by atoms with Crippen LogP contribution in [0.4, 0.5) is 0 Å². The van der Waals surface area contributed by atoms with Crippen LogP contribution in [0.1, 0.15) is 68.2 Å². The van der Waals surface area contributed by atoms with Gasteiger partial charge in [0.15, 0.2) is 0 Å². The maximum atomic E-state index is 2.74. The van der Waals surface area contributed by atoms with Crippen molar-refractivity contribution in [2.24, 2.45) is 23.7 Å². The highest BCUT2D eigenvalue weighted by molar-refractivity contribution is 4.72. The molecule has 1 rings (SSSR count). The van der Waals surface area contributed by atoms with Gasteiger partial charge in [0.2, 0.25) is 0 Å². The molecule has 0 unspecified atom stereocenters. The first-order valence-corrected chi connectivity index (χ1v) is 13.0. The maximum Gasteiger partial charge on any atom is 0.0109 e. The van der Waals surface area contributed by atoms with Crippen LogP contribution in [-0.4, -0.2) is 98.1 Å². The number of nitrogens with zero attached hydrogens (tertiary/aromatic N) is 4. The summed E-state index contributed by atoms with van der Waals surface area (Å²) in [5, 5.41) is 0. The van der Waals surface area contributed by atoms with E-state index in [9.17, 15) is 0 Å². The van der Waals surface area contributed by atoms with Gasteiger partial charge in [-0.1, -0.05) is 55.4 Å². The molecule has 180 valence electrons. The molecule has 0 aliphatic carbocycles. The summed E-state index contributed by atoms with van der Waals surface area (Å²) in [6.07, 6.45) is 2.60. The van der Waals surface area contributed by atoms with Crippen LogP contribution in [-0.2, 0) is 0 Å². The van der Waals surface area contributed by atoms with Crippen LogP contribution < -0.4 is 0 Å². The van der Waals surface area contributed by atoms with Crippen molar-refractivity contribution in [3.63, 3.8) is 0 Å². The van der Waals surface area contributed by atoms with E-state index in [0.29, 0.717) is 0 Å². The van der Waals surface area contributed by atoms with Crippen LogP contribution >= 0.6 is 0 Å². The van der Waals surface area contributed by atoms with E-state index < -0.39 is 0 Å². The first-order valence-electron chi connectivity index (χ1n) is 13.0. The predicted molar refractivity (Wildman–Crippen MR) is 134 cm³/mol. The molecule has 0 atom stereocenters. The highest BCUT2D eigenvalue weighted by Gasteiger charge is 2.16. The SMILES string of the molecule is CC(C)CN1CCCN(CC(C)C)CCN(CC(C)C)CCCN(CC(C)C)CC1. The lowest BCUT2D eigenvalue weighted by Crippen LogP contribution is -2.43. The third-order valence-electron chi connectivity index (χ3n) is 5.86. The molecule has 0 spiro atoms. The Kier molecular flexibility index (Phi) is 14.5. The second kappa shape index (κ2) is 15.6. The lowest BCUT2D eigenvalue weighted by molar-refractivity contribution is 0.138. The molecule has 1 heterocycles. The Balaban J connectivity index is 2.83. The van der Waals surface area contributed by atoms with Gasteiger partial charge in [0.1, 0.15) is 0 Å². The smallest absolute Gasteiger partial charge is 0.0109 e. The first-order chi connectivity index (χ1) is 14.2. The van der Waals surface area contributed by atoms with E-state index in [4.69, 9.17) is 0 Å². The summed E-state index contributed by atoms with van der Waals surface area (Å²) in [5.41, 5.74) is 0. The van der Waals surface area contributed by atoms with Gasteiger partial charge >= 0.3 is 0 Å². The van der Waals surface area contributed by atoms with Crippen LogP contribution in [0.25, 0.3) is 0 Å². The number of hydrogen-bond donors (Lipinski definition) is 0. The van der Waals surface area contributed by atoms with Crippen molar-refractivity contribution in [1.82, 2.24) is 19.6 Å². The maximum absolute atomic E-state index is 2.74. The Morgan fingerprint density at radius 1 is 0.367 bits per heavy atom. The fraction of sp³-hybridized carbons (Fsp3) is 1.00. The van der Waals surface area contributed by atoms with Gasteiger partial charge in [-0.3, -0.25) is 0 Å². The summed E-state index contributed by atoms with van der Waals surface area (Å²) in [6.45, 7) is 33.8. The molecule has 1 fully saturated rings. The minimum Gasteiger partial charge on any atom is -0.302 e. The molecule has 0 amide bonds. The quantitative estimate of drug-likeness (QED) is 0.564. The molecule has 30 heavy (non-hydrogen) atoms. The van der Waals surface area contributed by atoms with E-state index in [0.717, 1.165) is 23.7 Å². The zero-order valence-corrected chi connectivity index (χ0v) is 22.0. The first kappa shape index (κ1) is 27.9. The fourth-order valence-electron chi connectivity index (χ4n) is 4.84. The third kappa shape index (κ3) is 14.0. The lowest BCUT2D eigenvalue weighted by Gasteiger charge is -2.34. The monoisotopic (exact) mass is 424 g/mol. The van der Waals surface area contributed by atoms with E-state index in [2.05, 4.69) is 75.0 Å². The Bertz CT molecular complexity index is 334. The van der Waals surface area contributed by atoms with E-state index in [1.165, 1.54) is 91.4 Å². The van der Waals surface area contributed by atoms with E-state index in [1.807, 2.05) is 0 Å². The predicted octanol–water partition coefficient (Wildman–Crippen LogP) is 4.61. The van der Waals surface area contributed by atoms with Gasteiger partial charge in [0, 0.05) is 52.4 Å². The summed E-state index contributed by atoms with van der Waals surface area (Å²) in [4.78, 5) is 11.0. The average molecular weight is 425 g/mol. The number of hydrogen-bond acceptors (Lipinski definition) is 4. The Morgan fingerprint density at radius 2 is 0.567 bits per heavy atom. The Morgan fingerprint density at radius 3 is 0.733 bits per heavy atom. The molecular weight excluding hydrogens is 368 g/mol. The van der Waals surface area contributed by atoms with Crippen molar-refractivity contribution in [2.45, 2.75) is 68.2 Å². The van der Waals surface area contributed by atoms with Crippen molar-refractivity contribution in [2.75, 3.05) is 78.5 Å². The van der Waals surface area contributed by atoms with Gasteiger partial charge in [-0.2, -0.15) is 0 Å². The molecule has 1 aliphatic rings. The average Bonchev–Trinajstić information content (AvgIpc) is 2.60. The zero-order chi connectivity index (χ0) is 22.5. The summed E-state index contributed by atoms with van der Waals surface area (Å²) in [7, 11) is 0. The third-order valence-corrected chi connectivity index (χ3v) is 5.86. The normalized spacial score (nSPS) is 21.2. The Hall–Kier alpha value is -0.160. The summed E-state index contributed by atoms with van der Waals surface area (Å²) in [5.74, 6) is 3.00. The summed E-state index contributed by atoms with van der Waals surface area (Å²) >= 11 is 0. The van der Waals surface area contributed by atoms with Crippen molar-refractivity contribution < 1.29 is 0 Å². The highest BCUT2D eigenvalue weighted by Crippen LogP contribution is 2.09. The minimum atomic E-state index is 0.749. The van der Waals surface area contributed by atoms with Gasteiger partial charge in [-0.25, -0.2) is 0 Å². The van der Waals surface area contributed by atoms with Crippen LogP contribution in [0.2, 0.25) is 0 Å². The molecule has 1 saturated heterocycles. The highest BCUT2D eigenvalue weighted by atomic mass is 15.2. The summed E-state index contributed by atoms with van der Waals surface area (Å²) < 4.78 is 0. The molecule has 4 nitrogen and oxygen atoms in total. The van der Waals surface area contributed by atoms with Gasteiger partial charge in [-0.15, -0.1) is 0 Å².